The summed E-state index contributed by atoms with van der Waals surface area (Å²) >= 11 is 0. The van der Waals surface area contributed by atoms with Crippen LogP contribution in [0, 0.1) is 0 Å². The second-order valence-electron chi connectivity index (χ2n) is 21.4. The molecule has 0 saturated carbocycles. The molecule has 0 aromatic carbocycles. The molecule has 0 saturated heterocycles. The first kappa shape index (κ1) is 67.3. The quantitative estimate of drug-likeness (QED) is 0.0321. The maximum Gasteiger partial charge on any atom is 0.305 e. The molecule has 6 heteroatoms. The molecule has 0 fully saturated rings. The molecule has 2 unspecified atom stereocenters. The fourth-order valence-electron chi connectivity index (χ4n) is 9.69. The highest BCUT2D eigenvalue weighted by atomic mass is 16.5. The molecular weight excluding hydrogens is 851 g/mol. The zero-order valence-electron chi connectivity index (χ0n) is 46.6. The predicted molar refractivity (Wildman–Crippen MR) is 301 cm³/mol. The van der Waals surface area contributed by atoms with Gasteiger partial charge in [-0.05, 0) is 57.8 Å². The summed E-state index contributed by atoms with van der Waals surface area (Å²) in [7, 11) is 0. The molecule has 0 aliphatic heterocycles. The SMILES string of the molecule is CCCCCCCC/C=C\CCCCCCCC(=O)OCCCCCCCCCCCCCCCCCCCCCCCCCC(=O)NC(CO)C(O)/C=C/CCCCCCCCCCCCCC. The Bertz CT molecular complexity index is 1080. The Balaban J connectivity index is 3.38. The van der Waals surface area contributed by atoms with Gasteiger partial charge in [-0.3, -0.25) is 9.59 Å². The predicted octanol–water partition coefficient (Wildman–Crippen LogP) is 19.4. The van der Waals surface area contributed by atoms with Crippen molar-refractivity contribution in [1.29, 1.82) is 0 Å². The van der Waals surface area contributed by atoms with E-state index in [0.29, 0.717) is 19.4 Å². The molecule has 6 nitrogen and oxygen atoms in total. The number of aliphatic hydroxyl groups is 2. The van der Waals surface area contributed by atoms with Crippen LogP contribution < -0.4 is 5.32 Å². The molecule has 0 bridgehead atoms. The van der Waals surface area contributed by atoms with Gasteiger partial charge in [-0.25, -0.2) is 0 Å². The van der Waals surface area contributed by atoms with Crippen LogP contribution in [0.5, 0.6) is 0 Å². The first-order valence-corrected chi connectivity index (χ1v) is 31.1. The number of nitrogens with one attached hydrogen (secondary N) is 1. The highest BCUT2D eigenvalue weighted by molar-refractivity contribution is 5.76. The summed E-state index contributed by atoms with van der Waals surface area (Å²) in [5.41, 5.74) is 0. The lowest BCUT2D eigenvalue weighted by atomic mass is 10.0. The van der Waals surface area contributed by atoms with Crippen LogP contribution in [0.2, 0.25) is 0 Å². The standard InChI is InChI=1S/C63H121NO5/c1-3-5-7-9-11-13-15-17-28-33-37-41-45-49-53-57-63(68)69-58-54-50-46-42-38-34-30-27-25-23-21-19-20-22-24-26-29-32-36-40-44-48-52-56-62(67)64-60(59-65)61(66)55-51-47-43-39-35-31-18-16-14-12-10-8-6-4-2/h17,28,51,55,60-61,65-66H,3-16,18-27,29-50,52-54,56-59H2,1-2H3,(H,64,67)/b28-17-,55-51+. The molecule has 69 heavy (non-hydrogen) atoms. The molecule has 0 rings (SSSR count). The monoisotopic (exact) mass is 972 g/mol. The van der Waals surface area contributed by atoms with Crippen molar-refractivity contribution in [2.45, 2.75) is 353 Å². The Kier molecular flexibility index (Phi) is 57.5. The van der Waals surface area contributed by atoms with E-state index in [4.69, 9.17) is 4.74 Å². The maximum atomic E-state index is 12.5. The number of carbonyl (C=O) groups excluding carboxylic acids is 2. The number of allylic oxidation sites excluding steroid dienone is 3. The van der Waals surface area contributed by atoms with E-state index in [-0.39, 0.29) is 18.5 Å². The van der Waals surface area contributed by atoms with Crippen molar-refractivity contribution in [3.63, 3.8) is 0 Å². The molecule has 2 atom stereocenters. The highest BCUT2D eigenvalue weighted by Crippen LogP contribution is 2.18. The lowest BCUT2D eigenvalue weighted by Crippen LogP contribution is -2.45. The van der Waals surface area contributed by atoms with Gasteiger partial charge in [-0.1, -0.05) is 295 Å². The molecule has 0 radical (unpaired) electrons. The number of unbranched alkanes of at least 4 members (excludes halogenated alkanes) is 45. The summed E-state index contributed by atoms with van der Waals surface area (Å²) in [5, 5.41) is 23.1. The summed E-state index contributed by atoms with van der Waals surface area (Å²) < 4.78 is 5.48. The molecule has 3 N–H and O–H groups in total. The van der Waals surface area contributed by atoms with E-state index >= 15 is 0 Å². The van der Waals surface area contributed by atoms with Crippen LogP contribution in [0.3, 0.4) is 0 Å². The zero-order valence-corrected chi connectivity index (χ0v) is 46.6. The Morgan fingerprint density at radius 2 is 0.681 bits per heavy atom. The molecule has 0 heterocycles. The van der Waals surface area contributed by atoms with Gasteiger partial charge in [0.2, 0.25) is 5.91 Å². The number of ether oxygens (including phenoxy) is 1. The van der Waals surface area contributed by atoms with Crippen LogP contribution in [0.15, 0.2) is 24.3 Å². The van der Waals surface area contributed by atoms with Gasteiger partial charge < -0.3 is 20.3 Å². The van der Waals surface area contributed by atoms with Crippen LogP contribution in [-0.2, 0) is 14.3 Å². The van der Waals surface area contributed by atoms with E-state index in [1.54, 1.807) is 6.08 Å². The topological polar surface area (TPSA) is 95.9 Å². The number of carbonyl (C=O) groups is 2. The Morgan fingerprint density at radius 3 is 1.03 bits per heavy atom. The van der Waals surface area contributed by atoms with E-state index in [9.17, 15) is 19.8 Å². The average molecular weight is 973 g/mol. The zero-order chi connectivity index (χ0) is 50.0. The number of esters is 1. The van der Waals surface area contributed by atoms with E-state index in [1.165, 1.54) is 270 Å². The Labute approximate surface area is 431 Å². The minimum atomic E-state index is -0.843. The second-order valence-corrected chi connectivity index (χ2v) is 21.4. The van der Waals surface area contributed by atoms with Gasteiger partial charge in [-0.2, -0.15) is 0 Å². The largest absolute Gasteiger partial charge is 0.466 e. The van der Waals surface area contributed by atoms with Crippen molar-refractivity contribution in [2.75, 3.05) is 13.2 Å². The van der Waals surface area contributed by atoms with E-state index in [2.05, 4.69) is 31.3 Å². The minimum absolute atomic E-state index is 0.00623. The smallest absolute Gasteiger partial charge is 0.305 e. The third-order valence-electron chi connectivity index (χ3n) is 14.5. The summed E-state index contributed by atoms with van der Waals surface area (Å²) in [4.78, 5) is 24.5. The summed E-state index contributed by atoms with van der Waals surface area (Å²) in [6.07, 6.45) is 72.2. The minimum Gasteiger partial charge on any atom is -0.466 e. The molecule has 408 valence electrons. The molecule has 0 aromatic heterocycles. The number of hydrogen-bond donors (Lipinski definition) is 3. The number of aliphatic hydroxyl groups excluding tert-OH is 2. The van der Waals surface area contributed by atoms with Gasteiger partial charge in [0.15, 0.2) is 0 Å². The van der Waals surface area contributed by atoms with Crippen LogP contribution in [0.4, 0.5) is 0 Å². The van der Waals surface area contributed by atoms with Crippen LogP contribution in [0.1, 0.15) is 341 Å². The van der Waals surface area contributed by atoms with Crippen molar-refractivity contribution in [3.05, 3.63) is 24.3 Å². The van der Waals surface area contributed by atoms with Gasteiger partial charge in [0, 0.05) is 12.8 Å². The first-order valence-electron chi connectivity index (χ1n) is 31.1. The highest BCUT2D eigenvalue weighted by Gasteiger charge is 2.18. The van der Waals surface area contributed by atoms with Crippen LogP contribution in [0.25, 0.3) is 0 Å². The van der Waals surface area contributed by atoms with Crippen LogP contribution >= 0.6 is 0 Å². The third kappa shape index (κ3) is 55.5. The molecule has 0 aliphatic rings. The molecule has 0 aromatic rings. The van der Waals surface area contributed by atoms with Gasteiger partial charge in [-0.15, -0.1) is 0 Å². The molecular formula is C63H121NO5. The van der Waals surface area contributed by atoms with E-state index in [0.717, 1.165) is 44.9 Å². The fraction of sp³-hybridized carbons (Fsp3) is 0.905. The van der Waals surface area contributed by atoms with Gasteiger partial charge in [0.1, 0.15) is 0 Å². The second kappa shape index (κ2) is 58.9. The number of hydrogen-bond acceptors (Lipinski definition) is 5. The Morgan fingerprint density at radius 1 is 0.391 bits per heavy atom. The number of amides is 1. The first-order chi connectivity index (χ1) is 34.0. The average Bonchev–Trinajstić information content (AvgIpc) is 3.35. The van der Waals surface area contributed by atoms with Crippen molar-refractivity contribution >= 4 is 11.9 Å². The van der Waals surface area contributed by atoms with E-state index < -0.39 is 12.1 Å². The molecule has 0 aliphatic carbocycles. The lowest BCUT2D eigenvalue weighted by molar-refractivity contribution is -0.143. The van der Waals surface area contributed by atoms with Crippen molar-refractivity contribution < 1.29 is 24.5 Å². The van der Waals surface area contributed by atoms with Crippen molar-refractivity contribution in [3.8, 4) is 0 Å². The normalized spacial score (nSPS) is 12.7. The Hall–Kier alpha value is -1.66. The summed E-state index contributed by atoms with van der Waals surface area (Å²) in [6, 6.07) is -0.627. The summed E-state index contributed by atoms with van der Waals surface area (Å²) in [6.45, 7) is 4.91. The van der Waals surface area contributed by atoms with E-state index in [1.807, 2.05) is 6.08 Å². The lowest BCUT2D eigenvalue weighted by Gasteiger charge is -2.20. The maximum absolute atomic E-state index is 12.5. The van der Waals surface area contributed by atoms with Gasteiger partial charge in [0.25, 0.3) is 0 Å². The summed E-state index contributed by atoms with van der Waals surface area (Å²) in [5.74, 6) is -0.0600. The van der Waals surface area contributed by atoms with Crippen molar-refractivity contribution in [1.82, 2.24) is 5.32 Å². The molecule has 1 amide bonds. The fourth-order valence-corrected chi connectivity index (χ4v) is 9.69. The van der Waals surface area contributed by atoms with Gasteiger partial charge in [0.05, 0.1) is 25.4 Å². The third-order valence-corrected chi connectivity index (χ3v) is 14.5. The number of rotatable bonds is 58. The van der Waals surface area contributed by atoms with Gasteiger partial charge >= 0.3 is 5.97 Å². The molecule has 0 spiro atoms. The van der Waals surface area contributed by atoms with Crippen LogP contribution in [-0.4, -0.2) is 47.4 Å². The van der Waals surface area contributed by atoms with Crippen molar-refractivity contribution in [2.24, 2.45) is 0 Å².